The zero-order valence-corrected chi connectivity index (χ0v) is 21.1. The van der Waals surface area contributed by atoms with Gasteiger partial charge >= 0.3 is 5.97 Å². The van der Waals surface area contributed by atoms with Gasteiger partial charge in [-0.3, -0.25) is 19.5 Å². The molecule has 0 aliphatic carbocycles. The lowest BCUT2D eigenvalue weighted by Gasteiger charge is -2.25. The minimum atomic E-state index is -0.835. The van der Waals surface area contributed by atoms with Gasteiger partial charge in [-0.2, -0.15) is 0 Å². The van der Waals surface area contributed by atoms with Crippen molar-refractivity contribution >= 4 is 40.7 Å². The molecule has 0 spiro atoms. The predicted octanol–water partition coefficient (Wildman–Crippen LogP) is 4.23. The molecule has 1 aliphatic rings. The first-order valence-corrected chi connectivity index (χ1v) is 12.2. The Morgan fingerprint density at radius 3 is 2.65 bits per heavy atom. The number of furan rings is 1. The van der Waals surface area contributed by atoms with Crippen molar-refractivity contribution in [3.63, 3.8) is 0 Å². The van der Waals surface area contributed by atoms with E-state index < -0.39 is 22.5 Å². The molecule has 0 unspecified atom stereocenters. The van der Waals surface area contributed by atoms with E-state index in [1.54, 1.807) is 67.6 Å². The van der Waals surface area contributed by atoms with Crippen molar-refractivity contribution in [2.45, 2.75) is 13.0 Å². The minimum Gasteiger partial charge on any atom is -0.466 e. The molecule has 1 aliphatic heterocycles. The lowest BCUT2D eigenvalue weighted by atomic mass is 9.96. The summed E-state index contributed by atoms with van der Waals surface area (Å²) in [5.41, 5.74) is 1.03. The molecule has 0 saturated carbocycles. The second-order valence-corrected chi connectivity index (χ2v) is 9.49. The van der Waals surface area contributed by atoms with E-state index in [1.807, 2.05) is 0 Å². The Balaban J connectivity index is 1.66. The first-order valence-electron chi connectivity index (χ1n) is 11.0. The van der Waals surface area contributed by atoms with Crippen LogP contribution in [-0.4, -0.2) is 22.6 Å². The molecule has 3 heterocycles. The molecule has 2 aromatic heterocycles. The van der Waals surface area contributed by atoms with Crippen molar-refractivity contribution in [2.24, 2.45) is 4.99 Å². The van der Waals surface area contributed by atoms with Crippen LogP contribution in [0.15, 0.2) is 86.1 Å². The molecular weight excluding hydrogens is 518 g/mol. The Morgan fingerprint density at radius 2 is 1.92 bits per heavy atom. The standard InChI is InChI=1S/C26H18ClN3O6S/c1-14-22(25(32)35-2)23(16-7-3-5-9-18(16)27)29-24(31)21(37-26(29)28-14)13-15-11-12-20(36-15)17-8-4-6-10-19(17)30(33)34/h3-13,23H,1-2H3/b21-13+/t23-/m1/s1. The van der Waals surface area contributed by atoms with Gasteiger partial charge in [-0.15, -0.1) is 0 Å². The predicted molar refractivity (Wildman–Crippen MR) is 138 cm³/mol. The molecule has 5 rings (SSSR count). The number of aromatic nitrogens is 1. The van der Waals surface area contributed by atoms with E-state index in [-0.39, 0.29) is 11.3 Å². The number of carbonyl (C=O) groups excluding carboxylic acids is 1. The summed E-state index contributed by atoms with van der Waals surface area (Å²) in [5.74, 6) is 0.0151. The molecular formula is C26H18ClN3O6S. The number of fused-ring (bicyclic) bond motifs is 1. The number of thiazole rings is 1. The number of carbonyl (C=O) groups is 1. The summed E-state index contributed by atoms with van der Waals surface area (Å²) in [4.78, 5) is 42.2. The van der Waals surface area contributed by atoms with Crippen molar-refractivity contribution in [3.05, 3.63) is 118 Å². The van der Waals surface area contributed by atoms with E-state index in [2.05, 4.69) is 4.99 Å². The van der Waals surface area contributed by atoms with E-state index >= 15 is 0 Å². The number of allylic oxidation sites excluding steroid dienone is 1. The fourth-order valence-corrected chi connectivity index (χ4v) is 5.50. The Labute approximate surface area is 218 Å². The summed E-state index contributed by atoms with van der Waals surface area (Å²) in [5, 5.41) is 11.8. The largest absolute Gasteiger partial charge is 0.466 e. The van der Waals surface area contributed by atoms with Crippen LogP contribution < -0.4 is 14.9 Å². The molecule has 37 heavy (non-hydrogen) atoms. The maximum Gasteiger partial charge on any atom is 0.338 e. The highest BCUT2D eigenvalue weighted by Crippen LogP contribution is 2.34. The van der Waals surface area contributed by atoms with Crippen molar-refractivity contribution < 1.29 is 18.9 Å². The van der Waals surface area contributed by atoms with E-state index in [0.29, 0.717) is 42.7 Å². The average Bonchev–Trinajstić information content (AvgIpc) is 3.47. The van der Waals surface area contributed by atoms with Crippen LogP contribution in [0.3, 0.4) is 0 Å². The Morgan fingerprint density at radius 1 is 1.19 bits per heavy atom. The molecule has 186 valence electrons. The van der Waals surface area contributed by atoms with E-state index in [9.17, 15) is 19.7 Å². The van der Waals surface area contributed by atoms with Gasteiger partial charge in [-0.1, -0.05) is 53.3 Å². The monoisotopic (exact) mass is 535 g/mol. The molecule has 0 radical (unpaired) electrons. The first kappa shape index (κ1) is 24.4. The summed E-state index contributed by atoms with van der Waals surface area (Å²) in [7, 11) is 1.27. The first-order chi connectivity index (χ1) is 17.8. The molecule has 0 N–H and O–H groups in total. The van der Waals surface area contributed by atoms with Gasteiger partial charge in [0.1, 0.15) is 17.6 Å². The number of hydrogen-bond donors (Lipinski definition) is 0. The van der Waals surface area contributed by atoms with Gasteiger partial charge in [0, 0.05) is 17.2 Å². The summed E-state index contributed by atoms with van der Waals surface area (Å²) < 4.78 is 12.6. The van der Waals surface area contributed by atoms with Crippen molar-refractivity contribution in [1.82, 2.24) is 4.57 Å². The molecule has 0 amide bonds. The number of esters is 1. The number of para-hydroxylation sites is 1. The van der Waals surface area contributed by atoms with Crippen molar-refractivity contribution in [3.8, 4) is 11.3 Å². The second kappa shape index (κ2) is 9.64. The SMILES string of the molecule is COC(=O)C1=C(C)N=c2s/c(=C/c3ccc(-c4ccccc4[N+](=O)[O-])o3)c(=O)n2[C@@H]1c1ccccc1Cl. The molecule has 2 aromatic carbocycles. The number of halogens is 1. The summed E-state index contributed by atoms with van der Waals surface area (Å²) in [6, 6.07) is 15.6. The molecule has 4 aromatic rings. The van der Waals surface area contributed by atoms with Crippen LogP contribution in [0.2, 0.25) is 5.02 Å². The van der Waals surface area contributed by atoms with Crippen LogP contribution in [0.1, 0.15) is 24.3 Å². The lowest BCUT2D eigenvalue weighted by molar-refractivity contribution is -0.384. The third kappa shape index (κ3) is 4.30. The molecule has 0 fully saturated rings. The summed E-state index contributed by atoms with van der Waals surface area (Å²) in [6.45, 7) is 1.68. The topological polar surface area (TPSA) is 117 Å². The van der Waals surface area contributed by atoms with Crippen molar-refractivity contribution in [2.75, 3.05) is 7.11 Å². The van der Waals surface area contributed by atoms with Gasteiger partial charge < -0.3 is 9.15 Å². The molecule has 0 saturated heterocycles. The Bertz CT molecular complexity index is 1780. The molecule has 11 heteroatoms. The third-order valence-electron chi connectivity index (χ3n) is 5.89. The fourth-order valence-electron chi connectivity index (χ4n) is 4.23. The highest BCUT2D eigenvalue weighted by molar-refractivity contribution is 7.07. The van der Waals surface area contributed by atoms with E-state index in [1.165, 1.54) is 17.7 Å². The van der Waals surface area contributed by atoms with Crippen LogP contribution in [-0.2, 0) is 9.53 Å². The molecule has 9 nitrogen and oxygen atoms in total. The number of rotatable bonds is 5. The van der Waals surface area contributed by atoms with Crippen LogP contribution in [0.25, 0.3) is 17.4 Å². The normalized spacial score (nSPS) is 15.3. The highest BCUT2D eigenvalue weighted by atomic mass is 35.5. The van der Waals surface area contributed by atoms with Crippen LogP contribution >= 0.6 is 22.9 Å². The second-order valence-electron chi connectivity index (χ2n) is 8.07. The van der Waals surface area contributed by atoms with Crippen molar-refractivity contribution in [1.29, 1.82) is 0 Å². The number of ether oxygens (including phenoxy) is 1. The summed E-state index contributed by atoms with van der Waals surface area (Å²) >= 11 is 7.61. The van der Waals surface area contributed by atoms with Gasteiger partial charge in [0.05, 0.1) is 33.4 Å². The summed E-state index contributed by atoms with van der Waals surface area (Å²) in [6.07, 6.45) is 1.54. The molecule has 0 bridgehead atoms. The quantitative estimate of drug-likeness (QED) is 0.214. The number of nitrogens with zero attached hydrogens (tertiary/aromatic N) is 3. The molecule has 1 atom stereocenters. The Kier molecular flexibility index (Phi) is 6.36. The average molecular weight is 536 g/mol. The Hall–Kier alpha value is -4.28. The van der Waals surface area contributed by atoms with Gasteiger partial charge in [0.2, 0.25) is 0 Å². The van der Waals surface area contributed by atoms with Crippen LogP contribution in [0.4, 0.5) is 5.69 Å². The van der Waals surface area contributed by atoms with Gasteiger partial charge in [-0.25, -0.2) is 9.79 Å². The highest BCUT2D eigenvalue weighted by Gasteiger charge is 2.34. The maximum atomic E-state index is 13.6. The van der Waals surface area contributed by atoms with Gasteiger partial charge in [-0.05, 0) is 36.8 Å². The van der Waals surface area contributed by atoms with E-state index in [4.69, 9.17) is 20.8 Å². The third-order valence-corrected chi connectivity index (χ3v) is 7.22. The number of methoxy groups -OCH3 is 1. The van der Waals surface area contributed by atoms with Gasteiger partial charge in [0.25, 0.3) is 11.2 Å². The zero-order valence-electron chi connectivity index (χ0n) is 19.5. The van der Waals surface area contributed by atoms with E-state index in [0.717, 1.165) is 11.3 Å². The smallest absolute Gasteiger partial charge is 0.338 e. The number of nitro groups is 1. The van der Waals surface area contributed by atoms with Crippen LogP contribution in [0, 0.1) is 10.1 Å². The van der Waals surface area contributed by atoms with Crippen LogP contribution in [0.5, 0.6) is 0 Å². The minimum absolute atomic E-state index is 0.0895. The number of hydrogen-bond acceptors (Lipinski definition) is 8. The number of benzene rings is 2. The maximum absolute atomic E-state index is 13.6. The number of nitro benzene ring substituents is 1. The fraction of sp³-hybridized carbons (Fsp3) is 0.115. The lowest BCUT2D eigenvalue weighted by Crippen LogP contribution is -2.39. The van der Waals surface area contributed by atoms with Gasteiger partial charge in [0.15, 0.2) is 4.80 Å². The zero-order chi connectivity index (χ0) is 26.3.